The van der Waals surface area contributed by atoms with Gasteiger partial charge >= 0.3 is 0 Å². The van der Waals surface area contributed by atoms with Crippen molar-refractivity contribution in [3.05, 3.63) is 24.8 Å². The van der Waals surface area contributed by atoms with Gasteiger partial charge in [-0.05, 0) is 0 Å². The molecule has 0 saturated carbocycles. The molecule has 4 heterocycles. The van der Waals surface area contributed by atoms with Crippen molar-refractivity contribution in [2.24, 2.45) is 7.05 Å². The van der Waals surface area contributed by atoms with Crippen LogP contribution < -0.4 is 11.5 Å². The highest BCUT2D eigenvalue weighted by Gasteiger charge is 2.22. The Labute approximate surface area is 172 Å². The minimum Gasteiger partial charge on any atom is -0.396 e. The highest BCUT2D eigenvalue weighted by molar-refractivity contribution is 7.87. The molecule has 0 aliphatic heterocycles. The van der Waals surface area contributed by atoms with Crippen LogP contribution in [0, 0.1) is 0 Å². The van der Waals surface area contributed by atoms with Crippen molar-refractivity contribution in [1.82, 2.24) is 29.7 Å². The van der Waals surface area contributed by atoms with Crippen molar-refractivity contribution in [1.29, 1.82) is 0 Å². The Kier molecular flexibility index (Phi) is 5.22. The third-order valence-electron chi connectivity index (χ3n) is 4.14. The van der Waals surface area contributed by atoms with Gasteiger partial charge in [-0.3, -0.25) is 8.89 Å². The molecular weight excluding hydrogens is 412 g/mol. The summed E-state index contributed by atoms with van der Waals surface area (Å²) in [6.45, 7) is 0.370. The standard InChI is InChI=1S/C17H18N8O2S2/c1-25-8-10(7-22-25)13-11-12(18)16(29(26)4-3-27-2)28-15(11)24-14(23-13)9-5-20-17(19)21-6-9/h5-8H,3-4,18H2,1-2H3,(H2,19,20,21). The third-order valence-corrected chi connectivity index (χ3v) is 7.02. The summed E-state index contributed by atoms with van der Waals surface area (Å²) in [4.78, 5) is 18.0. The molecule has 4 rings (SSSR count). The van der Waals surface area contributed by atoms with E-state index < -0.39 is 10.8 Å². The first kappa shape index (κ1) is 19.4. The zero-order valence-corrected chi connectivity index (χ0v) is 17.3. The lowest BCUT2D eigenvalue weighted by Gasteiger charge is -2.06. The number of thiophene rings is 1. The maximum absolute atomic E-state index is 12.7. The van der Waals surface area contributed by atoms with E-state index in [2.05, 4.69) is 20.1 Å². The van der Waals surface area contributed by atoms with Gasteiger partial charge in [0, 0.05) is 38.3 Å². The highest BCUT2D eigenvalue weighted by Crippen LogP contribution is 2.41. The van der Waals surface area contributed by atoms with Crippen LogP contribution >= 0.6 is 11.3 Å². The monoisotopic (exact) mass is 430 g/mol. The zero-order valence-electron chi connectivity index (χ0n) is 15.7. The maximum atomic E-state index is 12.7. The number of aryl methyl sites for hydroxylation is 1. The fourth-order valence-electron chi connectivity index (χ4n) is 2.76. The maximum Gasteiger partial charge on any atom is 0.219 e. The second-order valence-electron chi connectivity index (χ2n) is 6.15. The number of fused-ring (bicyclic) bond motifs is 1. The number of ether oxygens (including phenoxy) is 1. The van der Waals surface area contributed by atoms with Crippen LogP contribution in [0.1, 0.15) is 0 Å². The van der Waals surface area contributed by atoms with Crippen molar-refractivity contribution < 1.29 is 8.95 Å². The summed E-state index contributed by atoms with van der Waals surface area (Å²) < 4.78 is 20.0. The minimum atomic E-state index is -1.30. The lowest BCUT2D eigenvalue weighted by Crippen LogP contribution is -2.04. The molecule has 0 spiro atoms. The van der Waals surface area contributed by atoms with Gasteiger partial charge < -0.3 is 16.2 Å². The van der Waals surface area contributed by atoms with E-state index in [1.54, 1.807) is 30.4 Å². The minimum absolute atomic E-state index is 0.165. The quantitative estimate of drug-likeness (QED) is 0.464. The molecule has 150 valence electrons. The van der Waals surface area contributed by atoms with Crippen LogP contribution in [-0.2, 0) is 22.6 Å². The van der Waals surface area contributed by atoms with Gasteiger partial charge in [0.15, 0.2) is 5.82 Å². The Morgan fingerprint density at radius 2 is 1.93 bits per heavy atom. The summed E-state index contributed by atoms with van der Waals surface area (Å²) in [5.41, 5.74) is 14.4. The largest absolute Gasteiger partial charge is 0.396 e. The van der Waals surface area contributed by atoms with Gasteiger partial charge in [-0.15, -0.1) is 11.3 Å². The lowest BCUT2D eigenvalue weighted by molar-refractivity contribution is 0.218. The van der Waals surface area contributed by atoms with E-state index in [9.17, 15) is 4.21 Å². The first-order valence-electron chi connectivity index (χ1n) is 8.52. The van der Waals surface area contributed by atoms with Crippen LogP contribution in [0.2, 0.25) is 0 Å². The fraction of sp³-hybridized carbons (Fsp3) is 0.235. The molecule has 0 aliphatic carbocycles. The van der Waals surface area contributed by atoms with E-state index in [0.717, 1.165) is 5.56 Å². The summed E-state index contributed by atoms with van der Waals surface area (Å²) >= 11 is 1.29. The van der Waals surface area contributed by atoms with Crippen molar-refractivity contribution >= 4 is 44.0 Å². The number of nitrogen functional groups attached to an aromatic ring is 2. The first-order valence-corrected chi connectivity index (χ1v) is 10.7. The molecule has 4 aromatic rings. The molecule has 29 heavy (non-hydrogen) atoms. The van der Waals surface area contributed by atoms with Gasteiger partial charge in [-0.1, -0.05) is 0 Å². The summed E-state index contributed by atoms with van der Waals surface area (Å²) in [7, 11) is 2.08. The molecule has 0 radical (unpaired) electrons. The molecule has 0 aliphatic rings. The smallest absolute Gasteiger partial charge is 0.219 e. The SMILES string of the molecule is COCCS(=O)c1sc2nc(-c3cnc(N)nc3)nc(-c3cnn(C)c3)c2c1N. The number of nitrogens with two attached hydrogens (primary N) is 2. The van der Waals surface area contributed by atoms with E-state index in [1.807, 2.05) is 13.2 Å². The van der Waals surface area contributed by atoms with Crippen LogP contribution in [0.5, 0.6) is 0 Å². The zero-order chi connectivity index (χ0) is 20.5. The Morgan fingerprint density at radius 3 is 2.59 bits per heavy atom. The van der Waals surface area contributed by atoms with Crippen LogP contribution in [0.3, 0.4) is 0 Å². The molecule has 4 aromatic heterocycles. The Morgan fingerprint density at radius 1 is 1.17 bits per heavy atom. The molecule has 0 saturated heterocycles. The predicted octanol–water partition coefficient (Wildman–Crippen LogP) is 1.47. The second-order valence-corrected chi connectivity index (χ2v) is 8.92. The van der Waals surface area contributed by atoms with Gasteiger partial charge in [-0.2, -0.15) is 5.10 Å². The van der Waals surface area contributed by atoms with E-state index in [4.69, 9.17) is 21.2 Å². The molecule has 1 unspecified atom stereocenters. The van der Waals surface area contributed by atoms with Gasteiger partial charge in [0.25, 0.3) is 0 Å². The summed E-state index contributed by atoms with van der Waals surface area (Å²) in [5.74, 6) is 0.937. The molecule has 0 fully saturated rings. The fourth-order valence-corrected chi connectivity index (χ4v) is 5.30. The molecule has 1 atom stereocenters. The number of hydrogen-bond acceptors (Lipinski definition) is 10. The average molecular weight is 431 g/mol. The summed E-state index contributed by atoms with van der Waals surface area (Å²) in [6.07, 6.45) is 6.66. The van der Waals surface area contributed by atoms with Crippen molar-refractivity contribution in [2.45, 2.75) is 4.21 Å². The van der Waals surface area contributed by atoms with Crippen LogP contribution in [-0.4, -0.2) is 53.4 Å². The molecule has 0 amide bonds. The number of aromatic nitrogens is 6. The van der Waals surface area contributed by atoms with Gasteiger partial charge in [-0.25, -0.2) is 19.9 Å². The van der Waals surface area contributed by atoms with Crippen molar-refractivity contribution in [3.8, 4) is 22.6 Å². The van der Waals surface area contributed by atoms with Gasteiger partial charge in [0.05, 0.1) is 51.7 Å². The summed E-state index contributed by atoms with van der Waals surface area (Å²) in [5, 5.41) is 4.88. The Bertz CT molecular complexity index is 1200. The van der Waals surface area contributed by atoms with E-state index in [1.165, 1.54) is 11.3 Å². The van der Waals surface area contributed by atoms with E-state index in [-0.39, 0.29) is 5.95 Å². The number of methoxy groups -OCH3 is 1. The van der Waals surface area contributed by atoms with Crippen LogP contribution in [0.4, 0.5) is 11.6 Å². The second kappa shape index (κ2) is 7.81. The van der Waals surface area contributed by atoms with Crippen LogP contribution in [0.15, 0.2) is 29.0 Å². The van der Waals surface area contributed by atoms with Gasteiger partial charge in [0.1, 0.15) is 9.04 Å². The average Bonchev–Trinajstić information content (AvgIpc) is 3.29. The molecule has 10 nitrogen and oxygen atoms in total. The molecule has 0 aromatic carbocycles. The third kappa shape index (κ3) is 3.69. The lowest BCUT2D eigenvalue weighted by atomic mass is 10.1. The van der Waals surface area contributed by atoms with Crippen molar-refractivity contribution in [2.75, 3.05) is 30.9 Å². The van der Waals surface area contributed by atoms with Crippen molar-refractivity contribution in [3.63, 3.8) is 0 Å². The Balaban J connectivity index is 1.94. The first-order chi connectivity index (χ1) is 14.0. The topological polar surface area (TPSA) is 148 Å². The number of rotatable bonds is 6. The normalized spacial score (nSPS) is 12.5. The predicted molar refractivity (Wildman–Crippen MR) is 113 cm³/mol. The molecule has 0 bridgehead atoms. The van der Waals surface area contributed by atoms with E-state index in [0.29, 0.717) is 49.6 Å². The number of hydrogen-bond donors (Lipinski definition) is 2. The number of anilines is 2. The van der Waals surface area contributed by atoms with Crippen LogP contribution in [0.25, 0.3) is 32.9 Å². The Hall–Kier alpha value is -2.96. The molecular formula is C17H18N8O2S2. The highest BCUT2D eigenvalue weighted by atomic mass is 32.2. The van der Waals surface area contributed by atoms with E-state index >= 15 is 0 Å². The molecule has 4 N–H and O–H groups in total. The number of nitrogens with zero attached hydrogens (tertiary/aromatic N) is 6. The van der Waals surface area contributed by atoms with Gasteiger partial charge in [0.2, 0.25) is 5.95 Å². The molecule has 12 heteroatoms. The summed E-state index contributed by atoms with van der Waals surface area (Å²) in [6, 6.07) is 0.